The van der Waals surface area contributed by atoms with Crippen molar-refractivity contribution < 1.29 is 18.7 Å². The summed E-state index contributed by atoms with van der Waals surface area (Å²) in [5.41, 5.74) is -0.0508. The number of halogens is 2. The van der Waals surface area contributed by atoms with Crippen LogP contribution in [0.25, 0.3) is 11.4 Å². The normalized spacial score (nSPS) is 12.3. The van der Waals surface area contributed by atoms with Crippen LogP contribution in [0, 0.1) is 17.6 Å². The second kappa shape index (κ2) is 6.38. The predicted molar refractivity (Wildman–Crippen MR) is 69.2 cm³/mol. The zero-order chi connectivity index (χ0) is 15.4. The van der Waals surface area contributed by atoms with E-state index < -0.39 is 17.6 Å². The summed E-state index contributed by atoms with van der Waals surface area (Å²) in [6.45, 7) is 2.07. The molecule has 1 unspecified atom stereocenters. The van der Waals surface area contributed by atoms with Gasteiger partial charge in [-0.3, -0.25) is 4.79 Å². The lowest BCUT2D eigenvalue weighted by Crippen LogP contribution is -2.16. The van der Waals surface area contributed by atoms with Crippen molar-refractivity contribution >= 4 is 5.97 Å². The summed E-state index contributed by atoms with van der Waals surface area (Å²) < 4.78 is 28.4. The molecule has 1 aromatic heterocycles. The molecule has 6 nitrogen and oxygen atoms in total. The summed E-state index contributed by atoms with van der Waals surface area (Å²) in [5, 5.41) is 19.7. The van der Waals surface area contributed by atoms with E-state index in [4.69, 9.17) is 5.11 Å². The molecule has 2 rings (SSSR count). The monoisotopic (exact) mass is 296 g/mol. The van der Waals surface area contributed by atoms with Gasteiger partial charge in [0.1, 0.15) is 0 Å². The van der Waals surface area contributed by atoms with Gasteiger partial charge >= 0.3 is 5.97 Å². The fraction of sp³-hybridized carbons (Fsp3) is 0.385. The minimum atomic E-state index is -1.03. The number of benzene rings is 1. The van der Waals surface area contributed by atoms with E-state index in [1.165, 1.54) is 16.8 Å². The van der Waals surface area contributed by atoms with Gasteiger partial charge in [0.05, 0.1) is 5.56 Å². The zero-order valence-electron chi connectivity index (χ0n) is 11.3. The van der Waals surface area contributed by atoms with E-state index in [0.29, 0.717) is 6.42 Å². The number of aromatic nitrogens is 4. The second-order valence-electron chi connectivity index (χ2n) is 4.66. The first-order valence-corrected chi connectivity index (χ1v) is 6.45. The second-order valence-corrected chi connectivity index (χ2v) is 4.66. The Hall–Kier alpha value is -2.38. The van der Waals surface area contributed by atoms with E-state index in [1.54, 1.807) is 0 Å². The van der Waals surface area contributed by atoms with Gasteiger partial charge < -0.3 is 5.11 Å². The van der Waals surface area contributed by atoms with Crippen LogP contribution in [0.2, 0.25) is 0 Å². The van der Waals surface area contributed by atoms with Gasteiger partial charge in [0.15, 0.2) is 17.5 Å². The van der Waals surface area contributed by atoms with Crippen LogP contribution < -0.4 is 0 Å². The van der Waals surface area contributed by atoms with Gasteiger partial charge in [-0.15, -0.1) is 5.10 Å². The number of rotatable bonds is 6. The molecule has 0 amide bonds. The fourth-order valence-electron chi connectivity index (χ4n) is 2.03. The van der Waals surface area contributed by atoms with Crippen molar-refractivity contribution in [2.45, 2.75) is 26.3 Å². The Labute approximate surface area is 119 Å². The molecule has 0 fully saturated rings. The first kappa shape index (κ1) is 15.0. The van der Waals surface area contributed by atoms with Crippen molar-refractivity contribution in [3.63, 3.8) is 0 Å². The van der Waals surface area contributed by atoms with Crippen molar-refractivity contribution in [3.8, 4) is 11.4 Å². The lowest BCUT2D eigenvalue weighted by Gasteiger charge is -2.13. The van der Waals surface area contributed by atoms with Crippen LogP contribution in [-0.4, -0.2) is 31.3 Å². The van der Waals surface area contributed by atoms with Crippen LogP contribution in [0.3, 0.4) is 0 Å². The molecule has 0 aliphatic carbocycles. The number of nitrogens with zero attached hydrogens (tertiary/aromatic N) is 4. The lowest BCUT2D eigenvalue weighted by molar-refractivity contribution is -0.138. The van der Waals surface area contributed by atoms with Crippen molar-refractivity contribution in [2.24, 2.45) is 5.92 Å². The maximum atomic E-state index is 13.8. The summed E-state index contributed by atoms with van der Waals surface area (Å²) in [4.78, 5) is 10.8. The SMILES string of the molecule is CCC(CC(=O)O)Cn1nnnc1-c1cccc(F)c1F. The van der Waals surface area contributed by atoms with E-state index in [9.17, 15) is 13.6 Å². The predicted octanol–water partition coefficient (Wildman–Crippen LogP) is 2.12. The van der Waals surface area contributed by atoms with Gasteiger partial charge in [-0.2, -0.15) is 0 Å². The summed E-state index contributed by atoms with van der Waals surface area (Å²) in [6, 6.07) is 3.74. The molecule has 8 heteroatoms. The van der Waals surface area contributed by atoms with E-state index in [2.05, 4.69) is 15.5 Å². The van der Waals surface area contributed by atoms with Crippen LogP contribution in [-0.2, 0) is 11.3 Å². The Morgan fingerprint density at radius 3 is 2.86 bits per heavy atom. The quantitative estimate of drug-likeness (QED) is 0.883. The summed E-state index contributed by atoms with van der Waals surface area (Å²) >= 11 is 0. The van der Waals surface area contributed by atoms with Crippen LogP contribution in [0.1, 0.15) is 19.8 Å². The van der Waals surface area contributed by atoms with Crippen LogP contribution in [0.5, 0.6) is 0 Å². The van der Waals surface area contributed by atoms with E-state index in [-0.39, 0.29) is 30.3 Å². The molecular formula is C13H14F2N4O2. The lowest BCUT2D eigenvalue weighted by atomic mass is 10.0. The van der Waals surface area contributed by atoms with Gasteiger partial charge in [0, 0.05) is 13.0 Å². The average molecular weight is 296 g/mol. The molecular weight excluding hydrogens is 282 g/mol. The molecule has 0 aliphatic heterocycles. The number of tetrazole rings is 1. The Morgan fingerprint density at radius 2 is 2.19 bits per heavy atom. The number of carboxylic acids is 1. The standard InChI is InChI=1S/C13H14F2N4O2/c1-2-8(6-11(20)21)7-19-13(16-17-18-19)9-4-3-5-10(14)12(9)15/h3-5,8H,2,6-7H2,1H3,(H,20,21). The molecule has 2 aromatic rings. The van der Waals surface area contributed by atoms with Crippen molar-refractivity contribution in [1.29, 1.82) is 0 Å². The maximum absolute atomic E-state index is 13.8. The van der Waals surface area contributed by atoms with Crippen molar-refractivity contribution in [1.82, 2.24) is 20.2 Å². The highest BCUT2D eigenvalue weighted by atomic mass is 19.2. The molecule has 1 atom stereocenters. The van der Waals surface area contributed by atoms with E-state index in [1.807, 2.05) is 6.92 Å². The highest BCUT2D eigenvalue weighted by molar-refractivity contribution is 5.67. The number of hydrogen-bond acceptors (Lipinski definition) is 4. The molecule has 1 heterocycles. The first-order valence-electron chi connectivity index (χ1n) is 6.45. The number of carbonyl (C=O) groups is 1. The summed E-state index contributed by atoms with van der Waals surface area (Å²) in [6.07, 6.45) is 0.568. The Balaban J connectivity index is 2.30. The third-order valence-electron chi connectivity index (χ3n) is 3.20. The minimum Gasteiger partial charge on any atom is -0.481 e. The number of carboxylic acid groups (broad SMARTS) is 1. The van der Waals surface area contributed by atoms with Gasteiger partial charge in [-0.25, -0.2) is 13.5 Å². The largest absolute Gasteiger partial charge is 0.481 e. The molecule has 0 spiro atoms. The molecule has 0 saturated heterocycles. The van der Waals surface area contributed by atoms with Crippen molar-refractivity contribution in [3.05, 3.63) is 29.8 Å². The number of hydrogen-bond donors (Lipinski definition) is 1. The number of aliphatic carboxylic acids is 1. The van der Waals surface area contributed by atoms with Crippen molar-refractivity contribution in [2.75, 3.05) is 0 Å². The summed E-state index contributed by atoms with van der Waals surface area (Å²) in [7, 11) is 0. The first-order chi connectivity index (χ1) is 10.0. The molecule has 21 heavy (non-hydrogen) atoms. The Kier molecular flexibility index (Phi) is 4.56. The highest BCUT2D eigenvalue weighted by Gasteiger charge is 2.19. The van der Waals surface area contributed by atoms with E-state index in [0.717, 1.165) is 6.07 Å². The zero-order valence-corrected chi connectivity index (χ0v) is 11.3. The fourth-order valence-corrected chi connectivity index (χ4v) is 2.03. The third-order valence-corrected chi connectivity index (χ3v) is 3.20. The van der Waals surface area contributed by atoms with E-state index >= 15 is 0 Å². The minimum absolute atomic E-state index is 0.0402. The smallest absolute Gasteiger partial charge is 0.303 e. The topological polar surface area (TPSA) is 80.9 Å². The summed E-state index contributed by atoms with van der Waals surface area (Å²) in [5.74, 6) is -3.05. The molecule has 0 bridgehead atoms. The molecule has 112 valence electrons. The van der Waals surface area contributed by atoms with Gasteiger partial charge in [-0.05, 0) is 28.5 Å². The van der Waals surface area contributed by atoms with Crippen LogP contribution >= 0.6 is 0 Å². The Bertz CT molecular complexity index is 645. The molecule has 0 aliphatic rings. The third kappa shape index (κ3) is 3.39. The Morgan fingerprint density at radius 1 is 1.43 bits per heavy atom. The van der Waals surface area contributed by atoms with Crippen LogP contribution in [0.15, 0.2) is 18.2 Å². The van der Waals surface area contributed by atoms with Gasteiger partial charge in [0.2, 0.25) is 0 Å². The molecule has 0 saturated carbocycles. The average Bonchev–Trinajstić information content (AvgIpc) is 2.88. The molecule has 1 aromatic carbocycles. The molecule has 0 radical (unpaired) electrons. The van der Waals surface area contributed by atoms with Gasteiger partial charge in [0.25, 0.3) is 0 Å². The highest BCUT2D eigenvalue weighted by Crippen LogP contribution is 2.23. The maximum Gasteiger partial charge on any atom is 0.303 e. The van der Waals surface area contributed by atoms with Gasteiger partial charge in [-0.1, -0.05) is 19.4 Å². The molecule has 1 N–H and O–H groups in total. The van der Waals surface area contributed by atoms with Crippen LogP contribution in [0.4, 0.5) is 8.78 Å².